The number of hydrogen-bond acceptors (Lipinski definition) is 3. The Morgan fingerprint density at radius 3 is 2.79 bits per heavy atom. The van der Waals surface area contributed by atoms with E-state index in [0.717, 1.165) is 43.5 Å². The van der Waals surface area contributed by atoms with Crippen molar-refractivity contribution in [1.29, 1.82) is 0 Å². The minimum absolute atomic E-state index is 0.0565. The molecule has 1 atom stereocenters. The number of hydrogen-bond donors (Lipinski definition) is 1. The predicted octanol–water partition coefficient (Wildman–Crippen LogP) is 4.59. The van der Waals surface area contributed by atoms with Crippen LogP contribution in [-0.4, -0.2) is 30.0 Å². The van der Waals surface area contributed by atoms with Crippen LogP contribution in [0.2, 0.25) is 5.02 Å². The van der Waals surface area contributed by atoms with Crippen LogP contribution < -0.4 is 10.2 Å². The Hall–Kier alpha value is -2.43. The number of benzene rings is 1. The maximum atomic E-state index is 13.6. The van der Waals surface area contributed by atoms with Gasteiger partial charge in [-0.3, -0.25) is 9.69 Å². The summed E-state index contributed by atoms with van der Waals surface area (Å²) in [6.45, 7) is 9.32. The third-order valence-electron chi connectivity index (χ3n) is 4.95. The fourth-order valence-electron chi connectivity index (χ4n) is 3.56. The van der Waals surface area contributed by atoms with Gasteiger partial charge in [0.05, 0.1) is 6.04 Å². The molecule has 1 amide bonds. The zero-order valence-corrected chi connectivity index (χ0v) is 16.8. The van der Waals surface area contributed by atoms with Crippen LogP contribution in [-0.2, 0) is 12.8 Å². The minimum Gasteiger partial charge on any atom is -0.315 e. The number of carbonyl (C=O) groups is 1. The molecule has 1 aromatic heterocycles. The number of pyridine rings is 1. The van der Waals surface area contributed by atoms with E-state index >= 15 is 0 Å². The molecule has 0 saturated carbocycles. The lowest BCUT2D eigenvalue weighted by atomic mass is 10.0. The van der Waals surface area contributed by atoms with Crippen molar-refractivity contribution in [1.82, 2.24) is 10.3 Å². The highest BCUT2D eigenvalue weighted by Crippen LogP contribution is 2.25. The quantitative estimate of drug-likeness (QED) is 0.697. The third kappa shape index (κ3) is 4.70. The Bertz CT molecular complexity index is 859. The number of halogens is 1. The van der Waals surface area contributed by atoms with E-state index < -0.39 is 0 Å². The molecule has 1 saturated heterocycles. The Kier molecular flexibility index (Phi) is 7.01. The summed E-state index contributed by atoms with van der Waals surface area (Å²) in [5.74, 6) is 0.622. The van der Waals surface area contributed by atoms with E-state index in [9.17, 15) is 4.79 Å². The summed E-state index contributed by atoms with van der Waals surface area (Å²) >= 11 is 6.28. The van der Waals surface area contributed by atoms with Crippen molar-refractivity contribution in [2.24, 2.45) is 0 Å². The van der Waals surface area contributed by atoms with Gasteiger partial charge in [-0.05, 0) is 73.7 Å². The van der Waals surface area contributed by atoms with Gasteiger partial charge in [0.2, 0.25) is 0 Å². The molecule has 1 aliphatic rings. The molecular formula is C23H26ClN3O. The molecule has 0 aliphatic carbocycles. The van der Waals surface area contributed by atoms with Crippen LogP contribution in [0.1, 0.15) is 34.3 Å². The van der Waals surface area contributed by atoms with Gasteiger partial charge in [0.25, 0.3) is 5.91 Å². The monoisotopic (exact) mass is 395 g/mol. The Morgan fingerprint density at radius 2 is 2.07 bits per heavy atom. The van der Waals surface area contributed by atoms with Crippen LogP contribution in [0, 0.1) is 0 Å². The number of aromatic nitrogens is 1. The largest absolute Gasteiger partial charge is 0.315 e. The van der Waals surface area contributed by atoms with Crippen molar-refractivity contribution >= 4 is 23.3 Å². The Morgan fingerprint density at radius 1 is 1.25 bits per heavy atom. The first-order valence-electron chi connectivity index (χ1n) is 9.63. The molecule has 1 N–H and O–H groups in total. The van der Waals surface area contributed by atoms with Crippen LogP contribution >= 0.6 is 11.6 Å². The number of nitrogens with one attached hydrogen (secondary N) is 1. The molecule has 0 spiro atoms. The molecule has 1 aliphatic heterocycles. The predicted molar refractivity (Wildman–Crippen MR) is 116 cm³/mol. The lowest BCUT2D eigenvalue weighted by molar-refractivity contribution is 0.0971. The summed E-state index contributed by atoms with van der Waals surface area (Å²) in [5.41, 5.74) is 2.60. The number of allylic oxidation sites excluding steroid dienone is 2. The van der Waals surface area contributed by atoms with Gasteiger partial charge in [-0.1, -0.05) is 23.8 Å². The molecule has 146 valence electrons. The number of anilines is 1. The maximum absolute atomic E-state index is 13.6. The number of amides is 1. The zero-order chi connectivity index (χ0) is 19.9. The van der Waals surface area contributed by atoms with Gasteiger partial charge < -0.3 is 5.32 Å². The van der Waals surface area contributed by atoms with Crippen molar-refractivity contribution < 1.29 is 4.79 Å². The summed E-state index contributed by atoms with van der Waals surface area (Å²) < 4.78 is 0. The molecular weight excluding hydrogens is 370 g/mol. The average Bonchev–Trinajstić information content (AvgIpc) is 2.71. The molecule has 1 fully saturated rings. The number of nitrogens with zero attached hydrogens (tertiary/aromatic N) is 2. The standard InChI is InChI=1S/C23H26ClN3O/c1-3-6-17-11-13-26-22(14-17)27(20-8-5-12-25-16-20)23(28)19-9-10-21(24)18(15-19)7-4-2/h3-4,9-11,13-15,20,25H,1-2,5-8,12,16H2. The van der Waals surface area contributed by atoms with Gasteiger partial charge in [0.15, 0.2) is 0 Å². The smallest absolute Gasteiger partial charge is 0.259 e. The van der Waals surface area contributed by atoms with Crippen molar-refractivity contribution in [2.75, 3.05) is 18.0 Å². The van der Waals surface area contributed by atoms with Gasteiger partial charge in [0.1, 0.15) is 5.82 Å². The second kappa shape index (κ2) is 9.67. The molecule has 1 aromatic carbocycles. The van der Waals surface area contributed by atoms with E-state index in [4.69, 9.17) is 11.6 Å². The second-order valence-corrected chi connectivity index (χ2v) is 7.40. The molecule has 28 heavy (non-hydrogen) atoms. The molecule has 4 nitrogen and oxygen atoms in total. The van der Waals surface area contributed by atoms with E-state index in [-0.39, 0.29) is 11.9 Å². The summed E-state index contributed by atoms with van der Waals surface area (Å²) in [6, 6.07) is 9.43. The second-order valence-electron chi connectivity index (χ2n) is 6.99. The normalized spacial score (nSPS) is 16.4. The Balaban J connectivity index is 2.00. The highest BCUT2D eigenvalue weighted by Gasteiger charge is 2.29. The van der Waals surface area contributed by atoms with Crippen LogP contribution in [0.4, 0.5) is 5.82 Å². The Labute approximate surface area is 171 Å². The van der Waals surface area contributed by atoms with Crippen molar-refractivity contribution in [3.05, 3.63) is 83.6 Å². The summed E-state index contributed by atoms with van der Waals surface area (Å²) in [6.07, 6.45) is 8.74. The summed E-state index contributed by atoms with van der Waals surface area (Å²) in [5, 5.41) is 4.05. The maximum Gasteiger partial charge on any atom is 0.259 e. The molecule has 2 heterocycles. The van der Waals surface area contributed by atoms with Crippen LogP contribution in [0.25, 0.3) is 0 Å². The topological polar surface area (TPSA) is 45.2 Å². The fourth-order valence-corrected chi connectivity index (χ4v) is 3.75. The van der Waals surface area contributed by atoms with E-state index in [2.05, 4.69) is 23.5 Å². The lowest BCUT2D eigenvalue weighted by Gasteiger charge is -2.34. The van der Waals surface area contributed by atoms with E-state index in [1.807, 2.05) is 29.2 Å². The average molecular weight is 396 g/mol. The zero-order valence-electron chi connectivity index (χ0n) is 16.0. The molecule has 0 radical (unpaired) electrons. The highest BCUT2D eigenvalue weighted by atomic mass is 35.5. The van der Waals surface area contributed by atoms with Crippen molar-refractivity contribution in [3.63, 3.8) is 0 Å². The molecule has 3 rings (SSSR count). The van der Waals surface area contributed by atoms with Crippen LogP contribution in [0.3, 0.4) is 0 Å². The summed E-state index contributed by atoms with van der Waals surface area (Å²) in [4.78, 5) is 19.9. The van der Waals surface area contributed by atoms with Gasteiger partial charge in [-0.25, -0.2) is 4.98 Å². The SMILES string of the molecule is C=CCc1ccnc(N(C(=O)c2ccc(Cl)c(CC=C)c2)C2CCCNC2)c1. The minimum atomic E-state index is -0.0565. The number of piperidine rings is 1. The molecule has 1 unspecified atom stereocenters. The van der Waals surface area contributed by atoms with Crippen molar-refractivity contribution in [3.8, 4) is 0 Å². The van der Waals surface area contributed by atoms with E-state index in [0.29, 0.717) is 22.8 Å². The van der Waals surface area contributed by atoms with Gasteiger partial charge in [-0.2, -0.15) is 0 Å². The van der Waals surface area contributed by atoms with Crippen LogP contribution in [0.5, 0.6) is 0 Å². The van der Waals surface area contributed by atoms with E-state index in [1.54, 1.807) is 24.4 Å². The highest BCUT2D eigenvalue weighted by molar-refractivity contribution is 6.31. The van der Waals surface area contributed by atoms with Gasteiger partial charge >= 0.3 is 0 Å². The summed E-state index contributed by atoms with van der Waals surface area (Å²) in [7, 11) is 0. The van der Waals surface area contributed by atoms with Crippen molar-refractivity contribution in [2.45, 2.75) is 31.7 Å². The van der Waals surface area contributed by atoms with Crippen LogP contribution in [0.15, 0.2) is 61.8 Å². The third-order valence-corrected chi connectivity index (χ3v) is 5.32. The number of rotatable bonds is 7. The first-order valence-corrected chi connectivity index (χ1v) is 10.0. The van der Waals surface area contributed by atoms with E-state index in [1.165, 1.54) is 0 Å². The van der Waals surface area contributed by atoms with Gasteiger partial charge in [0, 0.05) is 23.3 Å². The lowest BCUT2D eigenvalue weighted by Crippen LogP contribution is -2.49. The molecule has 2 aromatic rings. The molecule has 5 heteroatoms. The number of carbonyl (C=O) groups excluding carboxylic acids is 1. The van der Waals surface area contributed by atoms with Gasteiger partial charge in [-0.15, -0.1) is 13.2 Å². The molecule has 0 bridgehead atoms. The first kappa shape index (κ1) is 20.3. The fraction of sp³-hybridized carbons (Fsp3) is 0.304. The first-order chi connectivity index (χ1) is 13.6.